The zero-order valence-corrected chi connectivity index (χ0v) is 30.3. The topological polar surface area (TPSA) is 164 Å². The van der Waals surface area contributed by atoms with E-state index in [2.05, 4.69) is 61.7 Å². The lowest BCUT2D eigenvalue weighted by Crippen LogP contribution is -2.34. The number of benzene rings is 5. The Morgan fingerprint density at radius 2 is 0.538 bits per heavy atom. The van der Waals surface area contributed by atoms with Crippen molar-refractivity contribution in [3.8, 4) is 0 Å². The number of hydrogen-bond acceptors (Lipinski definition) is 10. The van der Waals surface area contributed by atoms with Crippen LogP contribution in [0.4, 0.5) is 56.9 Å². The molecule has 10 heteroatoms. The molecule has 0 radical (unpaired) electrons. The molecule has 0 spiro atoms. The van der Waals surface area contributed by atoms with Gasteiger partial charge in [-0.1, -0.05) is 0 Å². The van der Waals surface area contributed by atoms with Gasteiger partial charge in [0.05, 0.1) is 0 Å². The van der Waals surface area contributed by atoms with Gasteiger partial charge in [-0.25, -0.2) is 0 Å². The van der Waals surface area contributed by atoms with Crippen LogP contribution in [0.25, 0.3) is 0 Å². The fourth-order valence-corrected chi connectivity index (χ4v) is 6.28. The number of rotatable bonds is 21. The molecule has 0 aromatic heterocycles. The molecule has 5 rings (SSSR count). The Kier molecular flexibility index (Phi) is 14.0. The van der Waals surface area contributed by atoms with Crippen molar-refractivity contribution in [2.45, 2.75) is 25.7 Å². The predicted molar refractivity (Wildman–Crippen MR) is 226 cm³/mol. The van der Waals surface area contributed by atoms with Gasteiger partial charge in [0.15, 0.2) is 0 Å². The number of nitrogens with two attached hydrogens (primary N) is 5. The minimum absolute atomic E-state index is 0.770. The zero-order chi connectivity index (χ0) is 36.5. The van der Waals surface area contributed by atoms with E-state index in [1.165, 1.54) is 17.1 Å². The standard InChI is InChI=1S/C42H56N10/c43-33-5-15-38(16-6-33)48-25-1-27-50(40-19-9-35(45)10-20-40)29-3-31-52(42-23-13-37(47)14-24-42)32-4-30-51(41-21-11-36(46)12-22-41)28-2-26-49-39-17-7-34(44)8-18-39/h5-24,48-49H,1-4,25-32,43-47H2. The van der Waals surface area contributed by atoms with E-state index in [1.807, 2.05) is 84.9 Å². The summed E-state index contributed by atoms with van der Waals surface area (Å²) in [5.41, 5.74) is 39.5. The van der Waals surface area contributed by atoms with Gasteiger partial charge in [0, 0.05) is 109 Å². The van der Waals surface area contributed by atoms with Crippen molar-refractivity contribution in [3.05, 3.63) is 121 Å². The molecule has 5 aromatic rings. The second-order valence-electron chi connectivity index (χ2n) is 13.2. The molecule has 12 N–H and O–H groups in total. The number of nitrogens with one attached hydrogen (secondary N) is 2. The number of hydrogen-bond donors (Lipinski definition) is 7. The molecule has 0 bridgehead atoms. The molecule has 274 valence electrons. The summed E-state index contributed by atoms with van der Waals surface area (Å²) in [6.07, 6.45) is 3.98. The average molecular weight is 701 g/mol. The molecule has 0 aliphatic heterocycles. The quantitative estimate of drug-likeness (QED) is 0.0308. The molecule has 0 aliphatic carbocycles. The average Bonchev–Trinajstić information content (AvgIpc) is 3.15. The maximum absolute atomic E-state index is 6.09. The highest BCUT2D eigenvalue weighted by molar-refractivity contribution is 5.56. The second kappa shape index (κ2) is 19.5. The summed E-state index contributed by atoms with van der Waals surface area (Å²) in [6.45, 7) is 7.30. The molecular formula is C42H56N10. The smallest absolute Gasteiger partial charge is 0.0367 e. The van der Waals surface area contributed by atoms with E-state index in [4.69, 9.17) is 28.7 Å². The molecule has 0 saturated carbocycles. The third-order valence-electron chi connectivity index (χ3n) is 9.18. The van der Waals surface area contributed by atoms with Crippen molar-refractivity contribution < 1.29 is 0 Å². The third kappa shape index (κ3) is 12.2. The lowest BCUT2D eigenvalue weighted by atomic mass is 10.2. The van der Waals surface area contributed by atoms with Crippen LogP contribution in [0.1, 0.15) is 25.7 Å². The minimum Gasteiger partial charge on any atom is -0.399 e. The van der Waals surface area contributed by atoms with E-state index >= 15 is 0 Å². The molecular weight excluding hydrogens is 645 g/mol. The summed E-state index contributed by atoms with van der Waals surface area (Å²) in [5.74, 6) is 0. The second-order valence-corrected chi connectivity index (χ2v) is 13.2. The number of nitrogen functional groups attached to an aromatic ring is 5. The van der Waals surface area contributed by atoms with Gasteiger partial charge < -0.3 is 54.0 Å². The summed E-state index contributed by atoms with van der Waals surface area (Å²) < 4.78 is 0. The molecule has 0 heterocycles. The highest BCUT2D eigenvalue weighted by Crippen LogP contribution is 2.22. The summed E-state index contributed by atoms with van der Waals surface area (Å²) in [6, 6.07) is 40.5. The molecule has 0 fully saturated rings. The van der Waals surface area contributed by atoms with E-state index in [0.29, 0.717) is 0 Å². The van der Waals surface area contributed by atoms with Crippen molar-refractivity contribution in [1.29, 1.82) is 0 Å². The lowest BCUT2D eigenvalue weighted by molar-refractivity contribution is 0.648. The normalized spacial score (nSPS) is 10.8. The predicted octanol–water partition coefficient (Wildman–Crippen LogP) is 7.20. The first-order chi connectivity index (χ1) is 25.3. The van der Waals surface area contributed by atoms with Gasteiger partial charge in [0.1, 0.15) is 0 Å². The van der Waals surface area contributed by atoms with Crippen LogP contribution in [0.3, 0.4) is 0 Å². The SMILES string of the molecule is Nc1ccc(NCCCN(CCCN(CCCN(CCCNc2ccc(N)cc2)c2ccc(N)cc2)c2ccc(N)cc2)c2ccc(N)cc2)cc1. The Bertz CT molecular complexity index is 1620. The Balaban J connectivity index is 1.18. The molecule has 0 unspecified atom stereocenters. The molecule has 0 aliphatic rings. The highest BCUT2D eigenvalue weighted by atomic mass is 15.2. The number of nitrogens with zero attached hydrogens (tertiary/aromatic N) is 3. The maximum Gasteiger partial charge on any atom is 0.0367 e. The Morgan fingerprint density at radius 1 is 0.308 bits per heavy atom. The largest absolute Gasteiger partial charge is 0.399 e. The molecule has 0 amide bonds. The molecule has 52 heavy (non-hydrogen) atoms. The highest BCUT2D eigenvalue weighted by Gasteiger charge is 2.13. The Morgan fingerprint density at radius 3 is 0.808 bits per heavy atom. The van der Waals surface area contributed by atoms with Crippen LogP contribution in [0, 0.1) is 0 Å². The van der Waals surface area contributed by atoms with Crippen LogP contribution in [0.5, 0.6) is 0 Å². The summed E-state index contributed by atoms with van der Waals surface area (Å²) >= 11 is 0. The monoisotopic (exact) mass is 700 g/mol. The Labute approximate surface area is 309 Å². The van der Waals surface area contributed by atoms with Crippen LogP contribution < -0.4 is 54.0 Å². The van der Waals surface area contributed by atoms with E-state index in [1.54, 1.807) is 0 Å². The first kappa shape index (κ1) is 37.4. The molecule has 0 atom stereocenters. The van der Waals surface area contributed by atoms with Gasteiger partial charge >= 0.3 is 0 Å². The Hall–Kier alpha value is -5.90. The molecule has 0 saturated heterocycles. The summed E-state index contributed by atoms with van der Waals surface area (Å²) in [4.78, 5) is 7.42. The first-order valence-corrected chi connectivity index (χ1v) is 18.3. The van der Waals surface area contributed by atoms with Crippen molar-refractivity contribution in [2.75, 3.05) is 106 Å². The van der Waals surface area contributed by atoms with Gasteiger partial charge in [0.25, 0.3) is 0 Å². The third-order valence-corrected chi connectivity index (χ3v) is 9.18. The molecule has 5 aromatic carbocycles. The maximum atomic E-state index is 6.09. The summed E-state index contributed by atoms with van der Waals surface area (Å²) in [5, 5.41) is 7.04. The number of anilines is 10. The first-order valence-electron chi connectivity index (χ1n) is 18.3. The van der Waals surface area contributed by atoms with Gasteiger partial charge in [-0.15, -0.1) is 0 Å². The van der Waals surface area contributed by atoms with Gasteiger partial charge in [0.2, 0.25) is 0 Å². The fraction of sp³-hybridized carbons (Fsp3) is 0.286. The fourth-order valence-electron chi connectivity index (χ4n) is 6.28. The summed E-state index contributed by atoms with van der Waals surface area (Å²) in [7, 11) is 0. The molecule has 10 nitrogen and oxygen atoms in total. The van der Waals surface area contributed by atoms with Gasteiger partial charge in [-0.2, -0.15) is 0 Å². The van der Waals surface area contributed by atoms with E-state index in [0.717, 1.165) is 118 Å². The van der Waals surface area contributed by atoms with Crippen LogP contribution in [-0.2, 0) is 0 Å². The van der Waals surface area contributed by atoms with Gasteiger partial charge in [-0.05, 0) is 147 Å². The van der Waals surface area contributed by atoms with E-state index in [9.17, 15) is 0 Å². The van der Waals surface area contributed by atoms with Crippen LogP contribution in [0.2, 0.25) is 0 Å². The van der Waals surface area contributed by atoms with E-state index < -0.39 is 0 Å². The van der Waals surface area contributed by atoms with Crippen molar-refractivity contribution >= 4 is 56.9 Å². The van der Waals surface area contributed by atoms with Gasteiger partial charge in [-0.3, -0.25) is 0 Å². The minimum atomic E-state index is 0.770. The van der Waals surface area contributed by atoms with E-state index in [-0.39, 0.29) is 0 Å². The van der Waals surface area contributed by atoms with Crippen molar-refractivity contribution in [2.24, 2.45) is 0 Å². The van der Waals surface area contributed by atoms with Crippen LogP contribution >= 0.6 is 0 Å². The zero-order valence-electron chi connectivity index (χ0n) is 30.3. The lowest BCUT2D eigenvalue weighted by Gasteiger charge is -2.30. The van der Waals surface area contributed by atoms with Crippen LogP contribution in [-0.4, -0.2) is 52.4 Å². The van der Waals surface area contributed by atoms with Crippen LogP contribution in [0.15, 0.2) is 121 Å². The van der Waals surface area contributed by atoms with Crippen molar-refractivity contribution in [3.63, 3.8) is 0 Å². The van der Waals surface area contributed by atoms with Crippen molar-refractivity contribution in [1.82, 2.24) is 0 Å².